The molecule has 0 radical (unpaired) electrons. The molecule has 0 spiro atoms. The van der Waals surface area contributed by atoms with Gasteiger partial charge in [-0.15, -0.1) is 0 Å². The Morgan fingerprint density at radius 3 is 2.87 bits per heavy atom. The quantitative estimate of drug-likeness (QED) is 0.663. The van der Waals surface area contributed by atoms with Gasteiger partial charge in [0, 0.05) is 30.8 Å². The minimum Gasteiger partial charge on any atom is -0.484 e. The number of carbonyl (C=O) groups excluding carboxylic acids is 1. The van der Waals surface area contributed by atoms with E-state index in [9.17, 15) is 4.79 Å². The van der Waals surface area contributed by atoms with Crippen LogP contribution in [0.1, 0.15) is 52.9 Å². The molecule has 2 heterocycles. The maximum absolute atomic E-state index is 11.9. The van der Waals surface area contributed by atoms with E-state index in [1.807, 2.05) is 44.2 Å². The number of anilines is 2. The summed E-state index contributed by atoms with van der Waals surface area (Å²) in [5, 5.41) is 2.82. The van der Waals surface area contributed by atoms with Crippen molar-refractivity contribution < 1.29 is 9.53 Å². The predicted molar refractivity (Wildman–Crippen MR) is 125 cm³/mol. The molecule has 1 aliphatic heterocycles. The van der Waals surface area contributed by atoms with Gasteiger partial charge in [-0.05, 0) is 51.2 Å². The summed E-state index contributed by atoms with van der Waals surface area (Å²) in [7, 11) is 0. The zero-order chi connectivity index (χ0) is 22.2. The lowest BCUT2D eigenvalue weighted by molar-refractivity contribution is -0.123. The van der Waals surface area contributed by atoms with Crippen LogP contribution in [0.3, 0.4) is 0 Å². The fraction of sp³-hybridized carbons (Fsp3) is 0.542. The molecular formula is C24H35N5O2. The maximum atomic E-state index is 11.9. The Bertz CT molecular complexity index is 871. The van der Waals surface area contributed by atoms with Crippen LogP contribution in [0.4, 0.5) is 11.6 Å². The van der Waals surface area contributed by atoms with Gasteiger partial charge in [0.2, 0.25) is 0 Å². The van der Waals surface area contributed by atoms with Gasteiger partial charge in [0.25, 0.3) is 5.91 Å². The number of carbonyl (C=O) groups is 1. The molecular weight excluding hydrogens is 390 g/mol. The first kappa shape index (κ1) is 22.8. The van der Waals surface area contributed by atoms with E-state index >= 15 is 0 Å². The van der Waals surface area contributed by atoms with Crippen LogP contribution in [-0.4, -0.2) is 41.6 Å². The number of nitrogens with zero attached hydrogens (tertiary/aromatic N) is 3. The smallest absolute Gasteiger partial charge is 0.258 e. The third-order valence-corrected chi connectivity index (χ3v) is 5.51. The van der Waals surface area contributed by atoms with Crippen molar-refractivity contribution in [3.63, 3.8) is 0 Å². The van der Waals surface area contributed by atoms with Gasteiger partial charge in [0.1, 0.15) is 17.4 Å². The van der Waals surface area contributed by atoms with E-state index in [1.54, 1.807) is 0 Å². The number of aromatic nitrogens is 2. The summed E-state index contributed by atoms with van der Waals surface area (Å²) in [6.45, 7) is 8.05. The van der Waals surface area contributed by atoms with Gasteiger partial charge in [-0.25, -0.2) is 9.97 Å². The first-order valence-corrected chi connectivity index (χ1v) is 11.4. The summed E-state index contributed by atoms with van der Waals surface area (Å²) in [6.07, 6.45) is 6.18. The summed E-state index contributed by atoms with van der Waals surface area (Å²) in [5.74, 6) is 3.16. The second-order valence-corrected chi connectivity index (χ2v) is 8.59. The summed E-state index contributed by atoms with van der Waals surface area (Å²) >= 11 is 0. The molecule has 7 heteroatoms. The lowest BCUT2D eigenvalue weighted by Crippen LogP contribution is -2.34. The Morgan fingerprint density at radius 2 is 2.10 bits per heavy atom. The van der Waals surface area contributed by atoms with Crippen molar-refractivity contribution in [3.8, 4) is 17.1 Å². The number of nitrogens with one attached hydrogen (secondary N) is 1. The van der Waals surface area contributed by atoms with E-state index in [1.165, 1.54) is 32.1 Å². The van der Waals surface area contributed by atoms with Crippen molar-refractivity contribution in [2.24, 2.45) is 5.92 Å². The van der Waals surface area contributed by atoms with Crippen LogP contribution in [0.15, 0.2) is 30.3 Å². The molecule has 0 saturated carbocycles. The highest BCUT2D eigenvalue weighted by atomic mass is 16.5. The molecule has 1 aliphatic rings. The predicted octanol–water partition coefficient (Wildman–Crippen LogP) is 4.04. The van der Waals surface area contributed by atoms with Gasteiger partial charge < -0.3 is 20.7 Å². The summed E-state index contributed by atoms with van der Waals surface area (Å²) < 4.78 is 5.65. The van der Waals surface area contributed by atoms with Crippen LogP contribution in [-0.2, 0) is 4.79 Å². The third-order valence-electron chi connectivity index (χ3n) is 5.51. The topological polar surface area (TPSA) is 93.4 Å². The molecule has 1 aromatic heterocycles. The van der Waals surface area contributed by atoms with E-state index in [-0.39, 0.29) is 18.6 Å². The van der Waals surface area contributed by atoms with Gasteiger partial charge in [0.15, 0.2) is 12.4 Å². The fourth-order valence-corrected chi connectivity index (χ4v) is 4.07. The van der Waals surface area contributed by atoms with Crippen LogP contribution < -0.4 is 20.7 Å². The number of nitrogens with two attached hydrogens (primary N) is 1. The number of amides is 1. The largest absolute Gasteiger partial charge is 0.484 e. The number of benzene rings is 1. The normalized spacial score (nSPS) is 16.8. The lowest BCUT2D eigenvalue weighted by Gasteiger charge is -2.22. The maximum Gasteiger partial charge on any atom is 0.258 e. The first-order valence-electron chi connectivity index (χ1n) is 11.4. The molecule has 1 unspecified atom stereocenters. The molecule has 7 nitrogen and oxygen atoms in total. The van der Waals surface area contributed by atoms with Crippen molar-refractivity contribution in [2.45, 2.75) is 58.9 Å². The summed E-state index contributed by atoms with van der Waals surface area (Å²) in [6, 6.07) is 9.42. The number of nitrogen functional groups attached to an aromatic ring is 1. The van der Waals surface area contributed by atoms with Crippen molar-refractivity contribution in [3.05, 3.63) is 30.3 Å². The van der Waals surface area contributed by atoms with Gasteiger partial charge in [-0.3, -0.25) is 4.79 Å². The zero-order valence-corrected chi connectivity index (χ0v) is 18.9. The average Bonchev–Trinajstić information content (AvgIpc) is 2.98. The Kier molecular flexibility index (Phi) is 8.09. The highest BCUT2D eigenvalue weighted by Gasteiger charge is 2.19. The van der Waals surface area contributed by atoms with E-state index in [0.717, 1.165) is 30.4 Å². The molecule has 168 valence electrons. The molecule has 0 bridgehead atoms. The van der Waals surface area contributed by atoms with E-state index < -0.39 is 0 Å². The molecule has 0 aliphatic carbocycles. The molecule has 1 saturated heterocycles. The Hall–Kier alpha value is -2.83. The minimum absolute atomic E-state index is 0.0304. The zero-order valence-electron chi connectivity index (χ0n) is 18.9. The summed E-state index contributed by atoms with van der Waals surface area (Å²) in [5.41, 5.74) is 6.95. The molecule has 2 aromatic rings. The molecule has 1 amide bonds. The number of rotatable bonds is 8. The Balaban J connectivity index is 1.73. The first-order chi connectivity index (χ1) is 14.9. The van der Waals surface area contributed by atoms with Crippen LogP contribution >= 0.6 is 0 Å². The van der Waals surface area contributed by atoms with E-state index in [4.69, 9.17) is 15.5 Å². The summed E-state index contributed by atoms with van der Waals surface area (Å²) in [4.78, 5) is 23.4. The number of hydrogen-bond donors (Lipinski definition) is 2. The lowest BCUT2D eigenvalue weighted by atomic mass is 9.96. The van der Waals surface area contributed by atoms with Crippen molar-refractivity contribution in [1.29, 1.82) is 0 Å². The Labute approximate surface area is 185 Å². The Morgan fingerprint density at radius 1 is 1.26 bits per heavy atom. The second-order valence-electron chi connectivity index (χ2n) is 8.59. The molecule has 3 N–H and O–H groups in total. The van der Waals surface area contributed by atoms with Gasteiger partial charge >= 0.3 is 0 Å². The van der Waals surface area contributed by atoms with Gasteiger partial charge in [-0.2, -0.15) is 0 Å². The molecule has 1 atom stereocenters. The fourth-order valence-electron chi connectivity index (χ4n) is 4.07. The molecule has 3 rings (SSSR count). The number of ether oxygens (including phenoxy) is 1. The second kappa shape index (κ2) is 11.0. The van der Waals surface area contributed by atoms with Gasteiger partial charge in [-0.1, -0.05) is 31.9 Å². The van der Waals surface area contributed by atoms with E-state index in [0.29, 0.717) is 17.4 Å². The highest BCUT2D eigenvalue weighted by molar-refractivity contribution is 5.77. The van der Waals surface area contributed by atoms with E-state index in [2.05, 4.69) is 22.1 Å². The molecule has 31 heavy (non-hydrogen) atoms. The SMILES string of the molecule is CCCC1CCCN(c2cc(N)nc(-c3cccc(OCC(=O)NC(C)C)c3)n2)CC1. The van der Waals surface area contributed by atoms with Crippen LogP contribution in [0.5, 0.6) is 5.75 Å². The molecule has 1 aromatic carbocycles. The number of hydrogen-bond acceptors (Lipinski definition) is 6. The van der Waals surface area contributed by atoms with Gasteiger partial charge in [0.05, 0.1) is 0 Å². The van der Waals surface area contributed by atoms with Crippen LogP contribution in [0, 0.1) is 5.92 Å². The third kappa shape index (κ3) is 6.84. The molecule has 1 fully saturated rings. The average molecular weight is 426 g/mol. The van der Waals surface area contributed by atoms with Crippen LogP contribution in [0.2, 0.25) is 0 Å². The standard InChI is InChI=1S/C24H35N5O2/c1-4-7-18-8-6-12-29(13-11-18)22-15-21(25)27-24(28-22)19-9-5-10-20(14-19)31-16-23(30)26-17(2)3/h5,9-10,14-15,17-18H,4,6-8,11-13,16H2,1-3H3,(H,26,30)(H2,25,27,28). The van der Waals surface area contributed by atoms with Crippen molar-refractivity contribution in [2.75, 3.05) is 30.3 Å². The highest BCUT2D eigenvalue weighted by Crippen LogP contribution is 2.28. The minimum atomic E-state index is -0.148. The van der Waals surface area contributed by atoms with Crippen molar-refractivity contribution in [1.82, 2.24) is 15.3 Å². The van der Waals surface area contributed by atoms with Crippen LogP contribution in [0.25, 0.3) is 11.4 Å². The van der Waals surface area contributed by atoms with Crippen molar-refractivity contribution >= 4 is 17.5 Å². The monoisotopic (exact) mass is 425 g/mol.